The van der Waals surface area contributed by atoms with Crippen LogP contribution in [0.1, 0.15) is 10.4 Å². The first-order chi connectivity index (χ1) is 9.55. The Morgan fingerprint density at radius 1 is 1.25 bits per heavy atom. The summed E-state index contributed by atoms with van der Waals surface area (Å²) in [6, 6.07) is 4.96. The first kappa shape index (κ1) is 14.3. The van der Waals surface area contributed by atoms with Gasteiger partial charge in [0.1, 0.15) is 11.5 Å². The average molecular weight is 295 g/mol. The number of benzene rings is 1. The van der Waals surface area contributed by atoms with E-state index in [0.29, 0.717) is 27.8 Å². The van der Waals surface area contributed by atoms with Crippen LogP contribution in [0.4, 0.5) is 5.69 Å². The zero-order valence-corrected chi connectivity index (χ0v) is 12.2. The molecule has 2 aromatic rings. The fourth-order valence-corrected chi connectivity index (χ4v) is 2.02. The van der Waals surface area contributed by atoms with E-state index in [9.17, 15) is 4.79 Å². The van der Waals surface area contributed by atoms with Gasteiger partial charge < -0.3 is 19.4 Å². The molecule has 0 aliphatic rings. The molecule has 1 aromatic heterocycles. The van der Waals surface area contributed by atoms with Gasteiger partial charge in [-0.25, -0.2) is 0 Å². The lowest BCUT2D eigenvalue weighted by molar-refractivity contribution is 0.102. The number of nitrogens with zero attached hydrogens (tertiary/aromatic N) is 1. The van der Waals surface area contributed by atoms with Crippen molar-refractivity contribution in [3.63, 3.8) is 0 Å². The summed E-state index contributed by atoms with van der Waals surface area (Å²) in [6.07, 6.45) is 3.53. The van der Waals surface area contributed by atoms with Gasteiger partial charge in [0.15, 0.2) is 0 Å². The molecule has 0 fully saturated rings. The molecule has 0 unspecified atom stereocenters. The highest BCUT2D eigenvalue weighted by Gasteiger charge is 2.14. The number of ether oxygens (including phenoxy) is 2. The maximum atomic E-state index is 12.1. The Morgan fingerprint density at radius 3 is 2.50 bits per heavy atom. The Balaban J connectivity index is 2.30. The Kier molecular flexibility index (Phi) is 4.20. The van der Waals surface area contributed by atoms with E-state index < -0.39 is 0 Å². The number of aryl methyl sites for hydroxylation is 1. The Hall–Kier alpha value is -2.14. The highest BCUT2D eigenvalue weighted by molar-refractivity contribution is 6.32. The van der Waals surface area contributed by atoms with Gasteiger partial charge in [-0.05, 0) is 6.07 Å². The first-order valence-electron chi connectivity index (χ1n) is 5.90. The summed E-state index contributed by atoms with van der Waals surface area (Å²) in [5.41, 5.74) is 1.06. The van der Waals surface area contributed by atoms with E-state index in [0.717, 1.165) is 0 Å². The number of carbonyl (C=O) groups excluding carboxylic acids is 1. The number of hydrogen-bond acceptors (Lipinski definition) is 3. The van der Waals surface area contributed by atoms with Crippen molar-refractivity contribution in [1.29, 1.82) is 0 Å². The van der Waals surface area contributed by atoms with E-state index in [1.54, 1.807) is 35.2 Å². The molecule has 0 aliphatic carbocycles. The minimum absolute atomic E-state index is 0.228. The van der Waals surface area contributed by atoms with Crippen molar-refractivity contribution in [3.05, 3.63) is 41.2 Å². The van der Waals surface area contributed by atoms with Gasteiger partial charge in [0.05, 0.1) is 30.5 Å². The smallest absolute Gasteiger partial charge is 0.257 e. The van der Waals surface area contributed by atoms with Gasteiger partial charge in [0.2, 0.25) is 0 Å². The molecule has 0 saturated carbocycles. The van der Waals surface area contributed by atoms with Crippen LogP contribution in [0.25, 0.3) is 0 Å². The third-order valence-electron chi connectivity index (χ3n) is 2.82. The van der Waals surface area contributed by atoms with Gasteiger partial charge in [-0.3, -0.25) is 4.79 Å². The van der Waals surface area contributed by atoms with Gasteiger partial charge in [-0.2, -0.15) is 0 Å². The first-order valence-corrected chi connectivity index (χ1v) is 6.27. The number of hydrogen-bond donors (Lipinski definition) is 1. The van der Waals surface area contributed by atoms with Crippen LogP contribution in [0.3, 0.4) is 0 Å². The predicted molar refractivity (Wildman–Crippen MR) is 77.9 cm³/mol. The maximum absolute atomic E-state index is 12.1. The second-order valence-electron chi connectivity index (χ2n) is 4.21. The third kappa shape index (κ3) is 2.88. The number of methoxy groups -OCH3 is 2. The molecule has 0 bridgehead atoms. The molecule has 1 amide bonds. The molecule has 1 N–H and O–H groups in total. The van der Waals surface area contributed by atoms with Crippen LogP contribution in [0.15, 0.2) is 30.6 Å². The number of aromatic nitrogens is 1. The van der Waals surface area contributed by atoms with Crippen molar-refractivity contribution in [2.75, 3.05) is 19.5 Å². The molecule has 0 aliphatic heterocycles. The zero-order chi connectivity index (χ0) is 14.7. The number of anilines is 1. The summed E-state index contributed by atoms with van der Waals surface area (Å²) >= 11 is 6.02. The summed E-state index contributed by atoms with van der Waals surface area (Å²) < 4.78 is 12.1. The van der Waals surface area contributed by atoms with Gasteiger partial charge in [0, 0.05) is 31.6 Å². The molecule has 106 valence electrons. The molecule has 0 radical (unpaired) electrons. The van der Waals surface area contributed by atoms with E-state index in [1.807, 2.05) is 7.05 Å². The molecular weight excluding hydrogens is 280 g/mol. The Morgan fingerprint density at radius 2 is 1.95 bits per heavy atom. The van der Waals surface area contributed by atoms with Crippen LogP contribution >= 0.6 is 11.6 Å². The Bertz CT molecular complexity index is 637. The molecule has 0 saturated heterocycles. The van der Waals surface area contributed by atoms with Crippen molar-refractivity contribution < 1.29 is 14.3 Å². The largest absolute Gasteiger partial charge is 0.495 e. The number of amides is 1. The maximum Gasteiger partial charge on any atom is 0.257 e. The van der Waals surface area contributed by atoms with Crippen molar-refractivity contribution >= 4 is 23.2 Å². The highest BCUT2D eigenvalue weighted by Crippen LogP contribution is 2.36. The lowest BCUT2D eigenvalue weighted by atomic mass is 10.2. The van der Waals surface area contributed by atoms with Crippen LogP contribution < -0.4 is 14.8 Å². The number of nitrogens with one attached hydrogen (secondary N) is 1. The van der Waals surface area contributed by atoms with Gasteiger partial charge in [0.25, 0.3) is 5.91 Å². The number of halogens is 1. The predicted octanol–water partition coefficient (Wildman–Crippen LogP) is 2.95. The van der Waals surface area contributed by atoms with E-state index in [1.165, 1.54) is 14.2 Å². The van der Waals surface area contributed by atoms with Crippen LogP contribution in [0.2, 0.25) is 5.02 Å². The zero-order valence-electron chi connectivity index (χ0n) is 11.4. The average Bonchev–Trinajstić information content (AvgIpc) is 2.87. The molecule has 0 spiro atoms. The summed E-state index contributed by atoms with van der Waals surface area (Å²) in [5, 5.41) is 3.20. The molecule has 1 heterocycles. The fraction of sp³-hybridized carbons (Fsp3) is 0.214. The Labute approximate surface area is 122 Å². The second kappa shape index (κ2) is 5.88. The fourth-order valence-electron chi connectivity index (χ4n) is 1.79. The van der Waals surface area contributed by atoms with Crippen LogP contribution in [-0.4, -0.2) is 24.7 Å². The number of carbonyl (C=O) groups is 1. The van der Waals surface area contributed by atoms with E-state index >= 15 is 0 Å². The van der Waals surface area contributed by atoms with Gasteiger partial charge >= 0.3 is 0 Å². The minimum atomic E-state index is -0.228. The highest BCUT2D eigenvalue weighted by atomic mass is 35.5. The molecule has 1 aromatic carbocycles. The summed E-state index contributed by atoms with van der Waals surface area (Å²) in [4.78, 5) is 12.1. The molecule has 20 heavy (non-hydrogen) atoms. The monoisotopic (exact) mass is 294 g/mol. The van der Waals surface area contributed by atoms with Crippen molar-refractivity contribution in [2.45, 2.75) is 0 Å². The van der Waals surface area contributed by atoms with Crippen molar-refractivity contribution in [3.8, 4) is 11.5 Å². The number of rotatable bonds is 4. The summed E-state index contributed by atoms with van der Waals surface area (Å²) in [6.45, 7) is 0. The summed E-state index contributed by atoms with van der Waals surface area (Å²) in [5.74, 6) is 0.712. The van der Waals surface area contributed by atoms with Crippen LogP contribution in [-0.2, 0) is 7.05 Å². The van der Waals surface area contributed by atoms with Crippen molar-refractivity contribution in [1.82, 2.24) is 4.57 Å². The van der Waals surface area contributed by atoms with Gasteiger partial charge in [-0.15, -0.1) is 0 Å². The topological polar surface area (TPSA) is 52.5 Å². The minimum Gasteiger partial charge on any atom is -0.495 e. The molecular formula is C14H15ClN2O3. The molecule has 0 atom stereocenters. The van der Waals surface area contributed by atoms with Gasteiger partial charge in [-0.1, -0.05) is 11.6 Å². The summed E-state index contributed by atoms with van der Waals surface area (Å²) in [7, 11) is 4.87. The molecule has 2 rings (SSSR count). The lowest BCUT2D eigenvalue weighted by Gasteiger charge is -2.12. The van der Waals surface area contributed by atoms with Crippen LogP contribution in [0, 0.1) is 0 Å². The standard InChI is InChI=1S/C14H15ClN2O3/c1-17-5-4-9(8-17)14(18)16-11-7-12(19-2)10(15)6-13(11)20-3/h4-8H,1-3H3,(H,16,18). The van der Waals surface area contributed by atoms with Crippen molar-refractivity contribution in [2.24, 2.45) is 7.05 Å². The molecule has 5 nitrogen and oxygen atoms in total. The lowest BCUT2D eigenvalue weighted by Crippen LogP contribution is -2.12. The van der Waals surface area contributed by atoms with E-state index in [-0.39, 0.29) is 5.91 Å². The molecule has 6 heteroatoms. The van der Waals surface area contributed by atoms with E-state index in [4.69, 9.17) is 21.1 Å². The van der Waals surface area contributed by atoms with Crippen LogP contribution in [0.5, 0.6) is 11.5 Å². The normalized spacial score (nSPS) is 10.2. The SMILES string of the molecule is COc1cc(NC(=O)c2ccn(C)c2)c(OC)cc1Cl. The second-order valence-corrected chi connectivity index (χ2v) is 4.61. The van der Waals surface area contributed by atoms with E-state index in [2.05, 4.69) is 5.32 Å². The quantitative estimate of drug-likeness (QED) is 0.943. The third-order valence-corrected chi connectivity index (χ3v) is 3.11.